The molecular formula is C36H34Cl2N2O5S. The normalized spacial score (nSPS) is 12.6. The molecule has 0 fully saturated rings. The molecule has 0 saturated heterocycles. The lowest BCUT2D eigenvalue weighted by atomic mass is 9.83. The van der Waals surface area contributed by atoms with E-state index in [-0.39, 0.29) is 17.9 Å². The van der Waals surface area contributed by atoms with Crippen LogP contribution in [0.2, 0.25) is 10.0 Å². The molecule has 1 atom stereocenters. The maximum absolute atomic E-state index is 12.5. The van der Waals surface area contributed by atoms with Crippen LogP contribution in [0, 0.1) is 0 Å². The van der Waals surface area contributed by atoms with Gasteiger partial charge in [0.15, 0.2) is 5.76 Å². The summed E-state index contributed by atoms with van der Waals surface area (Å²) < 4.78 is 36.7. The van der Waals surface area contributed by atoms with E-state index in [2.05, 4.69) is 55.5 Å². The van der Waals surface area contributed by atoms with Crippen molar-refractivity contribution in [1.29, 1.82) is 0 Å². The van der Waals surface area contributed by atoms with E-state index in [9.17, 15) is 13.2 Å². The van der Waals surface area contributed by atoms with Crippen molar-refractivity contribution in [2.45, 2.75) is 38.5 Å². The highest BCUT2D eigenvalue weighted by Crippen LogP contribution is 2.36. The van der Waals surface area contributed by atoms with Crippen LogP contribution in [-0.2, 0) is 22.0 Å². The number of benzene rings is 4. The van der Waals surface area contributed by atoms with Crippen LogP contribution in [0.4, 0.5) is 0 Å². The molecule has 1 amide bonds. The van der Waals surface area contributed by atoms with Crippen molar-refractivity contribution in [3.63, 3.8) is 0 Å². The number of amides is 1. The third kappa shape index (κ3) is 8.44. The van der Waals surface area contributed by atoms with Crippen LogP contribution < -0.4 is 5.32 Å². The molecule has 0 bridgehead atoms. The second-order valence-corrected chi connectivity index (χ2v) is 14.6. The Kier molecular flexibility index (Phi) is 10.0. The van der Waals surface area contributed by atoms with Crippen molar-refractivity contribution >= 4 is 39.2 Å². The van der Waals surface area contributed by atoms with E-state index in [1.165, 1.54) is 5.56 Å². The minimum Gasteiger partial charge on any atom is -0.356 e. The molecule has 1 aromatic heterocycles. The van der Waals surface area contributed by atoms with Gasteiger partial charge >= 0.3 is 0 Å². The first-order chi connectivity index (χ1) is 21.8. The summed E-state index contributed by atoms with van der Waals surface area (Å²) in [4.78, 5) is 12.5. The van der Waals surface area contributed by atoms with E-state index in [1.807, 2.05) is 48.5 Å². The van der Waals surface area contributed by atoms with Gasteiger partial charge < -0.3 is 9.84 Å². The third-order valence-corrected chi connectivity index (χ3v) is 9.02. The number of nitrogens with one attached hydrogen (secondary N) is 1. The molecule has 5 rings (SSSR count). The van der Waals surface area contributed by atoms with E-state index in [4.69, 9.17) is 32.3 Å². The molecule has 0 aliphatic carbocycles. The number of carbonyl (C=O) groups excluding carboxylic acids is 1. The Bertz CT molecular complexity index is 1950. The highest BCUT2D eigenvalue weighted by Gasteiger charge is 2.22. The van der Waals surface area contributed by atoms with Crippen molar-refractivity contribution in [1.82, 2.24) is 10.5 Å². The number of rotatable bonds is 10. The molecule has 2 N–H and O–H groups in total. The quantitative estimate of drug-likeness (QED) is 0.143. The number of hydrogen-bond donors (Lipinski definition) is 2. The van der Waals surface area contributed by atoms with Crippen LogP contribution in [-0.4, -0.2) is 36.3 Å². The average molecular weight is 678 g/mol. The van der Waals surface area contributed by atoms with Crippen molar-refractivity contribution < 1.29 is 22.3 Å². The van der Waals surface area contributed by atoms with E-state index in [0.29, 0.717) is 27.8 Å². The summed E-state index contributed by atoms with van der Waals surface area (Å²) in [7, 11) is -4.16. The number of carbonyl (C=O) groups is 1. The lowest BCUT2D eigenvalue weighted by Crippen LogP contribution is -2.28. The molecule has 7 nitrogen and oxygen atoms in total. The molecular weight excluding hydrogens is 643 g/mol. The lowest BCUT2D eigenvalue weighted by Gasteiger charge is -2.21. The van der Waals surface area contributed by atoms with Gasteiger partial charge in [-0.15, -0.1) is 0 Å². The van der Waals surface area contributed by atoms with Crippen LogP contribution in [0.15, 0.2) is 102 Å². The molecule has 46 heavy (non-hydrogen) atoms. The fourth-order valence-corrected chi connectivity index (χ4v) is 6.06. The zero-order valence-electron chi connectivity index (χ0n) is 25.6. The summed E-state index contributed by atoms with van der Waals surface area (Å²) in [6, 6.07) is 30.9. The molecule has 1 unspecified atom stereocenters. The van der Waals surface area contributed by atoms with Crippen LogP contribution in [0.3, 0.4) is 0 Å². The fourth-order valence-electron chi connectivity index (χ4n) is 5.18. The van der Waals surface area contributed by atoms with Crippen molar-refractivity contribution in [2.24, 2.45) is 0 Å². The maximum Gasteiger partial charge on any atom is 0.266 e. The summed E-state index contributed by atoms with van der Waals surface area (Å²) in [5.41, 5.74) is 7.06. The largest absolute Gasteiger partial charge is 0.356 e. The number of halogens is 2. The summed E-state index contributed by atoms with van der Waals surface area (Å²) >= 11 is 12.6. The Hall–Kier alpha value is -3.95. The molecule has 4 aromatic carbocycles. The Morgan fingerprint density at radius 3 is 2.26 bits per heavy atom. The predicted octanol–water partition coefficient (Wildman–Crippen LogP) is 8.61. The van der Waals surface area contributed by atoms with Gasteiger partial charge in [0.2, 0.25) is 0 Å². The van der Waals surface area contributed by atoms with Gasteiger partial charge in [0.25, 0.3) is 16.0 Å². The average Bonchev–Trinajstić information content (AvgIpc) is 3.49. The minimum atomic E-state index is -4.16. The maximum atomic E-state index is 12.5. The van der Waals surface area contributed by atoms with Gasteiger partial charge in [0.05, 0.1) is 11.4 Å². The Morgan fingerprint density at radius 1 is 0.913 bits per heavy atom. The minimum absolute atomic E-state index is 0.00482. The Labute approximate surface area is 279 Å². The first kappa shape index (κ1) is 33.4. The standard InChI is InChI=1S/C36H34Cl2N2O5S/c1-36(2,3)28-13-11-24(12-14-28)31(19-23-7-9-25(10-8-23)35(41)39-17-18-46(42,43)44)33-22-34(45-40-33)27-6-4-5-26(20-27)30-16-15-29(37)21-32(30)38/h4-16,20-22,31H,17-19H2,1-3H3,(H,39,41)(H,42,43,44). The smallest absolute Gasteiger partial charge is 0.266 e. The topological polar surface area (TPSA) is 110 Å². The van der Waals surface area contributed by atoms with Crippen molar-refractivity contribution in [2.75, 3.05) is 12.3 Å². The first-order valence-electron chi connectivity index (χ1n) is 14.7. The second-order valence-electron chi connectivity index (χ2n) is 12.2. The second kappa shape index (κ2) is 13.8. The summed E-state index contributed by atoms with van der Waals surface area (Å²) in [5.74, 6) is -0.497. The Balaban J connectivity index is 1.42. The zero-order chi connectivity index (χ0) is 33.1. The monoisotopic (exact) mass is 676 g/mol. The molecule has 10 heteroatoms. The van der Waals surface area contributed by atoms with E-state index < -0.39 is 21.8 Å². The van der Waals surface area contributed by atoms with E-state index in [0.717, 1.165) is 33.5 Å². The highest BCUT2D eigenvalue weighted by atomic mass is 35.5. The predicted molar refractivity (Wildman–Crippen MR) is 183 cm³/mol. The van der Waals surface area contributed by atoms with E-state index in [1.54, 1.807) is 24.3 Å². The third-order valence-electron chi connectivity index (χ3n) is 7.76. The highest BCUT2D eigenvalue weighted by molar-refractivity contribution is 7.85. The number of nitrogens with zero attached hydrogens (tertiary/aromatic N) is 1. The molecule has 238 valence electrons. The van der Waals surface area contributed by atoms with Gasteiger partial charge in [-0.25, -0.2) is 0 Å². The van der Waals surface area contributed by atoms with Crippen LogP contribution >= 0.6 is 23.2 Å². The van der Waals surface area contributed by atoms with E-state index >= 15 is 0 Å². The summed E-state index contributed by atoms with van der Waals surface area (Å²) in [6.45, 7) is 6.34. The molecule has 0 aliphatic rings. The van der Waals surface area contributed by atoms with Gasteiger partial charge in [0, 0.05) is 45.3 Å². The van der Waals surface area contributed by atoms with Crippen molar-refractivity contribution in [3.05, 3.63) is 135 Å². The van der Waals surface area contributed by atoms with Gasteiger partial charge in [-0.2, -0.15) is 8.42 Å². The van der Waals surface area contributed by atoms with Crippen LogP contribution in [0.25, 0.3) is 22.5 Å². The molecule has 1 heterocycles. The fraction of sp³-hybridized carbons (Fsp3) is 0.222. The Morgan fingerprint density at radius 2 is 1.61 bits per heavy atom. The summed E-state index contributed by atoms with van der Waals surface area (Å²) in [6.07, 6.45) is 0.589. The van der Waals surface area contributed by atoms with Gasteiger partial charge in [-0.1, -0.05) is 110 Å². The first-order valence-corrected chi connectivity index (χ1v) is 17.1. The number of hydrogen-bond acceptors (Lipinski definition) is 5. The molecule has 0 radical (unpaired) electrons. The SMILES string of the molecule is CC(C)(C)c1ccc(C(Cc2ccc(C(=O)NCCS(=O)(=O)O)cc2)c2cc(-c3cccc(-c4ccc(Cl)cc4Cl)c3)on2)cc1. The molecule has 0 saturated carbocycles. The summed E-state index contributed by atoms with van der Waals surface area (Å²) in [5, 5.41) is 8.15. The van der Waals surface area contributed by atoms with Crippen molar-refractivity contribution in [3.8, 4) is 22.5 Å². The molecule has 0 spiro atoms. The molecule has 0 aliphatic heterocycles. The van der Waals surface area contributed by atoms with Gasteiger partial charge in [-0.3, -0.25) is 9.35 Å². The van der Waals surface area contributed by atoms with Crippen LogP contribution in [0.5, 0.6) is 0 Å². The lowest BCUT2D eigenvalue weighted by molar-refractivity contribution is 0.0956. The van der Waals surface area contributed by atoms with Gasteiger partial charge in [-0.05, 0) is 64.4 Å². The molecule has 5 aromatic rings. The van der Waals surface area contributed by atoms with Gasteiger partial charge in [0.1, 0.15) is 0 Å². The number of aromatic nitrogens is 1. The van der Waals surface area contributed by atoms with Crippen LogP contribution in [0.1, 0.15) is 59.4 Å². The zero-order valence-corrected chi connectivity index (χ0v) is 28.0.